The Morgan fingerprint density at radius 3 is 2.35 bits per heavy atom. The van der Waals surface area contributed by atoms with Gasteiger partial charge < -0.3 is 18.8 Å². The summed E-state index contributed by atoms with van der Waals surface area (Å²) in [7, 11) is -1.62. The van der Waals surface area contributed by atoms with Crippen LogP contribution in [0.25, 0.3) is 16.9 Å². The van der Waals surface area contributed by atoms with Crippen molar-refractivity contribution in [1.82, 2.24) is 33.5 Å². The number of hydrogen-bond donors (Lipinski definition) is 0. The van der Waals surface area contributed by atoms with Crippen molar-refractivity contribution in [1.29, 1.82) is 0 Å². The minimum Gasteiger partial charge on any atom is -0.467 e. The minimum atomic E-state index is -3.15. The molecular formula is C21H28N8O4S. The van der Waals surface area contributed by atoms with Crippen LogP contribution in [0.3, 0.4) is 0 Å². The summed E-state index contributed by atoms with van der Waals surface area (Å²) in [5.74, 6) is 0.796. The second kappa shape index (κ2) is 9.41. The van der Waals surface area contributed by atoms with Crippen molar-refractivity contribution in [2.75, 3.05) is 70.7 Å². The zero-order valence-corrected chi connectivity index (χ0v) is 20.1. The fourth-order valence-electron chi connectivity index (χ4n) is 4.24. The molecule has 2 saturated heterocycles. The number of rotatable bonds is 6. The van der Waals surface area contributed by atoms with Crippen molar-refractivity contribution in [2.24, 2.45) is 0 Å². The summed E-state index contributed by atoms with van der Waals surface area (Å²) in [6.07, 6.45) is 8.60. The van der Waals surface area contributed by atoms with E-state index in [1.807, 2.05) is 16.8 Å². The van der Waals surface area contributed by atoms with Crippen LogP contribution in [0.4, 0.5) is 5.82 Å². The Bertz CT molecular complexity index is 1250. The number of aromatic nitrogens is 5. The van der Waals surface area contributed by atoms with Crippen molar-refractivity contribution in [3.05, 3.63) is 30.5 Å². The molecule has 0 aliphatic carbocycles. The van der Waals surface area contributed by atoms with Crippen LogP contribution in [0.2, 0.25) is 0 Å². The number of fused-ring (bicyclic) bond motifs is 1. The molecule has 0 bridgehead atoms. The van der Waals surface area contributed by atoms with Crippen molar-refractivity contribution >= 4 is 21.5 Å². The molecule has 0 aromatic carbocycles. The Labute approximate surface area is 198 Å². The summed E-state index contributed by atoms with van der Waals surface area (Å²) in [5.41, 5.74) is 3.21. The Balaban J connectivity index is 1.44. The van der Waals surface area contributed by atoms with Gasteiger partial charge in [0.1, 0.15) is 0 Å². The van der Waals surface area contributed by atoms with Crippen LogP contribution in [0, 0.1) is 0 Å². The predicted molar refractivity (Wildman–Crippen MR) is 125 cm³/mol. The molecule has 2 aliphatic rings. The third-order valence-electron chi connectivity index (χ3n) is 6.07. The Kier molecular flexibility index (Phi) is 6.34. The van der Waals surface area contributed by atoms with E-state index in [1.165, 1.54) is 17.7 Å². The minimum absolute atomic E-state index is 0.305. The molecule has 182 valence electrons. The van der Waals surface area contributed by atoms with Gasteiger partial charge in [0, 0.05) is 76.2 Å². The molecule has 3 aromatic heterocycles. The summed E-state index contributed by atoms with van der Waals surface area (Å²) in [6, 6.07) is 0.305. The zero-order valence-electron chi connectivity index (χ0n) is 19.3. The first kappa shape index (κ1) is 22.9. The molecule has 12 nitrogen and oxygen atoms in total. The summed E-state index contributed by atoms with van der Waals surface area (Å²) in [4.78, 5) is 22.7. The van der Waals surface area contributed by atoms with E-state index < -0.39 is 10.0 Å². The average molecular weight is 489 g/mol. The van der Waals surface area contributed by atoms with E-state index in [9.17, 15) is 8.42 Å². The summed E-state index contributed by atoms with van der Waals surface area (Å²) in [5, 5.41) is 0. The second-order valence-electron chi connectivity index (χ2n) is 8.41. The van der Waals surface area contributed by atoms with Crippen molar-refractivity contribution in [3.8, 4) is 17.3 Å². The van der Waals surface area contributed by atoms with Crippen LogP contribution in [0.5, 0.6) is 6.01 Å². The molecular weight excluding hydrogens is 460 g/mol. The first-order chi connectivity index (χ1) is 16.4. The number of piperazine rings is 1. The van der Waals surface area contributed by atoms with Gasteiger partial charge in [-0.2, -0.15) is 4.31 Å². The quantitative estimate of drug-likeness (QED) is 0.473. The lowest BCUT2D eigenvalue weighted by atomic mass is 10.2. The summed E-state index contributed by atoms with van der Waals surface area (Å²) < 4.78 is 37.7. The molecule has 3 aromatic rings. The second-order valence-corrected chi connectivity index (χ2v) is 10.4. The normalized spacial score (nSPS) is 18.5. The van der Waals surface area contributed by atoms with Gasteiger partial charge in [0.25, 0.3) is 0 Å². The maximum absolute atomic E-state index is 11.8. The van der Waals surface area contributed by atoms with Gasteiger partial charge in [-0.1, -0.05) is 0 Å². The largest absolute Gasteiger partial charge is 0.467 e. The van der Waals surface area contributed by atoms with E-state index in [0.29, 0.717) is 51.9 Å². The van der Waals surface area contributed by atoms with Crippen LogP contribution in [0.1, 0.15) is 5.69 Å². The number of sulfonamides is 1. The lowest BCUT2D eigenvalue weighted by Gasteiger charge is -2.32. The number of hydrogen-bond acceptors (Lipinski definition) is 10. The maximum atomic E-state index is 11.8. The first-order valence-corrected chi connectivity index (χ1v) is 13.0. The predicted octanol–water partition coefficient (Wildman–Crippen LogP) is 0.109. The zero-order chi connectivity index (χ0) is 23.7. The van der Waals surface area contributed by atoms with E-state index in [2.05, 4.69) is 19.8 Å². The number of morpholine rings is 1. The van der Waals surface area contributed by atoms with E-state index in [-0.39, 0.29) is 0 Å². The van der Waals surface area contributed by atoms with E-state index in [4.69, 9.17) is 19.4 Å². The first-order valence-electron chi connectivity index (χ1n) is 11.2. The molecule has 13 heteroatoms. The molecule has 2 aliphatic heterocycles. The topological polar surface area (TPSA) is 118 Å². The third-order valence-corrected chi connectivity index (χ3v) is 7.38. The monoisotopic (exact) mass is 488 g/mol. The highest BCUT2D eigenvalue weighted by Crippen LogP contribution is 2.26. The van der Waals surface area contributed by atoms with E-state index >= 15 is 0 Å². The molecule has 5 heterocycles. The smallest absolute Gasteiger partial charge is 0.316 e. The number of imidazole rings is 1. The molecule has 0 saturated carbocycles. The highest BCUT2D eigenvalue weighted by molar-refractivity contribution is 7.88. The number of nitrogens with zero attached hydrogens (tertiary/aromatic N) is 8. The van der Waals surface area contributed by atoms with Crippen molar-refractivity contribution in [2.45, 2.75) is 6.54 Å². The Morgan fingerprint density at radius 1 is 1.00 bits per heavy atom. The van der Waals surface area contributed by atoms with Crippen LogP contribution >= 0.6 is 0 Å². The number of ether oxygens (including phenoxy) is 2. The number of anilines is 1. The maximum Gasteiger partial charge on any atom is 0.316 e. The van der Waals surface area contributed by atoms with Crippen molar-refractivity contribution in [3.63, 3.8) is 0 Å². The van der Waals surface area contributed by atoms with E-state index in [1.54, 1.807) is 12.4 Å². The molecule has 0 amide bonds. The highest BCUT2D eigenvalue weighted by Gasteiger charge is 2.25. The summed E-state index contributed by atoms with van der Waals surface area (Å²) >= 11 is 0. The molecule has 0 radical (unpaired) electrons. The molecule has 34 heavy (non-hydrogen) atoms. The average Bonchev–Trinajstić information content (AvgIpc) is 3.26. The SMILES string of the molecule is COc1ncc(-c2cn3cc(CN4CCN(S(C)(=O)=O)CC4)nc3c(N3CCOCC3)n2)cn1. The van der Waals surface area contributed by atoms with Gasteiger partial charge >= 0.3 is 6.01 Å². The Hall–Kier alpha value is -2.87. The molecule has 0 N–H and O–H groups in total. The molecule has 5 rings (SSSR count). The standard InChI is InChI=1S/C21H28N8O4S/c1-32-21-22-11-16(12-23-21)18-15-28-14-17(13-26-3-5-29(6-4-26)34(2,30)31)24-19(28)20(25-18)27-7-9-33-10-8-27/h11-12,14-15H,3-10,13H2,1-2H3. The summed E-state index contributed by atoms with van der Waals surface area (Å²) in [6.45, 7) is 5.73. The molecule has 0 unspecified atom stereocenters. The lowest BCUT2D eigenvalue weighted by molar-refractivity contribution is 0.122. The molecule has 2 fully saturated rings. The van der Waals surface area contributed by atoms with Crippen LogP contribution in [-0.4, -0.2) is 108 Å². The van der Waals surface area contributed by atoms with Gasteiger partial charge in [-0.3, -0.25) is 4.90 Å². The number of methoxy groups -OCH3 is 1. The fourth-order valence-corrected chi connectivity index (χ4v) is 5.06. The third kappa shape index (κ3) is 4.82. The van der Waals surface area contributed by atoms with E-state index in [0.717, 1.165) is 41.5 Å². The Morgan fingerprint density at radius 2 is 1.71 bits per heavy atom. The van der Waals surface area contributed by atoms with Crippen molar-refractivity contribution < 1.29 is 17.9 Å². The highest BCUT2D eigenvalue weighted by atomic mass is 32.2. The van der Waals surface area contributed by atoms with Gasteiger partial charge in [-0.15, -0.1) is 0 Å². The van der Waals surface area contributed by atoms with Gasteiger partial charge in [0.05, 0.1) is 38.0 Å². The van der Waals surface area contributed by atoms with Crippen LogP contribution in [-0.2, 0) is 21.3 Å². The lowest BCUT2D eigenvalue weighted by Crippen LogP contribution is -2.47. The van der Waals surface area contributed by atoms with Crippen LogP contribution < -0.4 is 9.64 Å². The van der Waals surface area contributed by atoms with Gasteiger partial charge in [-0.05, 0) is 0 Å². The van der Waals surface area contributed by atoms with Gasteiger partial charge in [0.15, 0.2) is 11.5 Å². The van der Waals surface area contributed by atoms with Gasteiger partial charge in [0.2, 0.25) is 10.0 Å². The fraction of sp³-hybridized carbons (Fsp3) is 0.524. The molecule has 0 atom stereocenters. The van der Waals surface area contributed by atoms with Crippen LogP contribution in [0.15, 0.2) is 24.8 Å². The van der Waals surface area contributed by atoms with Gasteiger partial charge in [-0.25, -0.2) is 28.4 Å². The molecule has 0 spiro atoms.